The molecule has 1 aliphatic rings. The van der Waals surface area contributed by atoms with Crippen molar-refractivity contribution >= 4 is 11.3 Å². The van der Waals surface area contributed by atoms with Gasteiger partial charge < -0.3 is 4.52 Å². The summed E-state index contributed by atoms with van der Waals surface area (Å²) in [6.07, 6.45) is 2.39. The van der Waals surface area contributed by atoms with Crippen molar-refractivity contribution in [2.45, 2.75) is 38.8 Å². The monoisotopic (exact) mass is 265 g/mol. The molecule has 0 spiro atoms. The summed E-state index contributed by atoms with van der Waals surface area (Å²) < 4.78 is 5.24. The molecule has 0 aliphatic heterocycles. The van der Waals surface area contributed by atoms with Gasteiger partial charge in [-0.15, -0.1) is 21.5 Å². The highest BCUT2D eigenvalue weighted by Gasteiger charge is 2.28. The summed E-state index contributed by atoms with van der Waals surface area (Å²) in [5.41, 5.74) is 0. The van der Waals surface area contributed by atoms with Gasteiger partial charge in [-0.3, -0.25) is 4.90 Å². The van der Waals surface area contributed by atoms with Gasteiger partial charge in [-0.1, -0.05) is 5.16 Å². The Hall–Kier alpha value is -1.34. The molecule has 1 saturated carbocycles. The Morgan fingerprint density at radius 2 is 2.17 bits per heavy atom. The maximum atomic E-state index is 5.24. The molecule has 0 atom stereocenters. The van der Waals surface area contributed by atoms with E-state index in [-0.39, 0.29) is 0 Å². The molecule has 0 aromatic carbocycles. The Kier molecular flexibility index (Phi) is 3.09. The lowest BCUT2D eigenvalue weighted by atomic mass is 10.4. The Morgan fingerprint density at radius 1 is 1.33 bits per heavy atom. The normalized spacial score (nSPS) is 15.5. The zero-order valence-corrected chi connectivity index (χ0v) is 11.3. The fraction of sp³-hybridized carbons (Fsp3) is 0.636. The Bertz CT molecular complexity index is 533. The minimum Gasteiger partial charge on any atom is -0.338 e. The molecule has 3 rings (SSSR count). The predicted octanol–water partition coefficient (Wildman–Crippen LogP) is 1.74. The van der Waals surface area contributed by atoms with E-state index in [1.807, 2.05) is 14.0 Å². The molecule has 1 fully saturated rings. The van der Waals surface area contributed by atoms with Crippen molar-refractivity contribution in [1.29, 1.82) is 0 Å². The van der Waals surface area contributed by atoms with Gasteiger partial charge in [0.05, 0.1) is 13.1 Å². The summed E-state index contributed by atoms with van der Waals surface area (Å²) in [4.78, 5) is 6.51. The molecule has 96 valence electrons. The smallest absolute Gasteiger partial charge is 0.240 e. The third-order valence-electron chi connectivity index (χ3n) is 2.80. The van der Waals surface area contributed by atoms with Gasteiger partial charge in [-0.05, 0) is 26.8 Å². The van der Waals surface area contributed by atoms with Crippen LogP contribution in [0.3, 0.4) is 0 Å². The van der Waals surface area contributed by atoms with E-state index >= 15 is 0 Å². The average Bonchev–Trinajstić information content (AvgIpc) is 2.95. The summed E-state index contributed by atoms with van der Waals surface area (Å²) >= 11 is 1.62. The highest BCUT2D eigenvalue weighted by Crippen LogP contribution is 2.38. The van der Waals surface area contributed by atoms with Crippen molar-refractivity contribution in [1.82, 2.24) is 25.2 Å². The number of aromatic nitrogens is 4. The lowest BCUT2D eigenvalue weighted by Gasteiger charge is -2.10. The van der Waals surface area contributed by atoms with E-state index in [0.717, 1.165) is 22.4 Å². The Morgan fingerprint density at radius 3 is 2.83 bits per heavy atom. The van der Waals surface area contributed by atoms with Crippen LogP contribution in [0, 0.1) is 6.92 Å². The number of nitrogens with zero attached hydrogens (tertiary/aromatic N) is 5. The zero-order valence-electron chi connectivity index (χ0n) is 10.5. The third-order valence-corrected chi connectivity index (χ3v) is 3.63. The first-order chi connectivity index (χ1) is 8.70. The van der Waals surface area contributed by atoms with E-state index in [9.17, 15) is 0 Å². The fourth-order valence-electron chi connectivity index (χ4n) is 1.76. The molecule has 7 heteroatoms. The molecule has 0 saturated heterocycles. The van der Waals surface area contributed by atoms with Crippen molar-refractivity contribution in [2.75, 3.05) is 7.05 Å². The van der Waals surface area contributed by atoms with E-state index in [0.29, 0.717) is 18.4 Å². The first-order valence-corrected chi connectivity index (χ1v) is 6.82. The first kappa shape index (κ1) is 11.7. The molecule has 0 radical (unpaired) electrons. The number of aryl methyl sites for hydroxylation is 1. The highest BCUT2D eigenvalue weighted by molar-refractivity contribution is 7.11. The second-order valence-electron chi connectivity index (χ2n) is 4.71. The van der Waals surface area contributed by atoms with E-state index in [4.69, 9.17) is 4.52 Å². The number of rotatable bonds is 5. The molecule has 6 nitrogen and oxygen atoms in total. The van der Waals surface area contributed by atoms with Crippen LogP contribution in [0.1, 0.15) is 40.5 Å². The molecule has 2 heterocycles. The van der Waals surface area contributed by atoms with Crippen molar-refractivity contribution in [3.8, 4) is 0 Å². The van der Waals surface area contributed by atoms with Crippen LogP contribution in [0.2, 0.25) is 0 Å². The molecule has 0 unspecified atom stereocenters. The second-order valence-corrected chi connectivity index (χ2v) is 5.97. The maximum absolute atomic E-state index is 5.24. The third kappa shape index (κ3) is 2.73. The average molecular weight is 265 g/mol. The molecule has 0 N–H and O–H groups in total. The van der Waals surface area contributed by atoms with Crippen LogP contribution in [0.5, 0.6) is 0 Å². The molecule has 2 aromatic rings. The lowest BCUT2D eigenvalue weighted by Crippen LogP contribution is -2.17. The van der Waals surface area contributed by atoms with Gasteiger partial charge in [0.2, 0.25) is 5.89 Å². The molecule has 2 aromatic heterocycles. The number of hydrogen-bond acceptors (Lipinski definition) is 7. The van der Waals surface area contributed by atoms with Gasteiger partial charge in [0.1, 0.15) is 10.0 Å². The molecule has 18 heavy (non-hydrogen) atoms. The van der Waals surface area contributed by atoms with Gasteiger partial charge in [0, 0.05) is 5.92 Å². The van der Waals surface area contributed by atoms with E-state index in [1.54, 1.807) is 11.3 Å². The maximum Gasteiger partial charge on any atom is 0.240 e. The summed E-state index contributed by atoms with van der Waals surface area (Å²) in [7, 11) is 2.01. The SMILES string of the molecule is Cc1nnc(CN(C)Cc2nc(C3CC3)no2)s1. The van der Waals surface area contributed by atoms with Crippen LogP contribution in [0.25, 0.3) is 0 Å². The van der Waals surface area contributed by atoms with Crippen molar-refractivity contribution in [3.63, 3.8) is 0 Å². The molecule has 0 bridgehead atoms. The summed E-state index contributed by atoms with van der Waals surface area (Å²) in [5, 5.41) is 14.1. The van der Waals surface area contributed by atoms with Crippen molar-refractivity contribution in [2.24, 2.45) is 0 Å². The fourth-order valence-corrected chi connectivity index (χ4v) is 2.55. The van der Waals surface area contributed by atoms with Crippen LogP contribution in [0.15, 0.2) is 4.52 Å². The zero-order chi connectivity index (χ0) is 12.5. The van der Waals surface area contributed by atoms with Gasteiger partial charge in [0.15, 0.2) is 5.82 Å². The first-order valence-electron chi connectivity index (χ1n) is 6.00. The lowest BCUT2D eigenvalue weighted by molar-refractivity contribution is 0.259. The van der Waals surface area contributed by atoms with Crippen LogP contribution in [0.4, 0.5) is 0 Å². The molecule has 1 aliphatic carbocycles. The summed E-state index contributed by atoms with van der Waals surface area (Å²) in [5.74, 6) is 2.09. The predicted molar refractivity (Wildman–Crippen MR) is 66.1 cm³/mol. The van der Waals surface area contributed by atoms with Gasteiger partial charge >= 0.3 is 0 Å². The number of hydrogen-bond donors (Lipinski definition) is 0. The van der Waals surface area contributed by atoms with Crippen LogP contribution in [-0.2, 0) is 13.1 Å². The summed E-state index contributed by atoms with van der Waals surface area (Å²) in [6.45, 7) is 3.37. The Balaban J connectivity index is 1.57. The van der Waals surface area contributed by atoms with Crippen LogP contribution >= 0.6 is 11.3 Å². The van der Waals surface area contributed by atoms with E-state index in [2.05, 4.69) is 25.2 Å². The molecular formula is C11H15N5OS. The van der Waals surface area contributed by atoms with Crippen molar-refractivity contribution in [3.05, 3.63) is 21.7 Å². The van der Waals surface area contributed by atoms with Crippen LogP contribution in [-0.4, -0.2) is 32.3 Å². The summed E-state index contributed by atoms with van der Waals surface area (Å²) in [6, 6.07) is 0. The van der Waals surface area contributed by atoms with Gasteiger partial charge in [-0.2, -0.15) is 4.98 Å². The second kappa shape index (κ2) is 4.74. The Labute approximate surface area is 109 Å². The van der Waals surface area contributed by atoms with E-state index in [1.165, 1.54) is 12.8 Å². The molecular weight excluding hydrogens is 250 g/mol. The minimum absolute atomic E-state index is 0.540. The van der Waals surface area contributed by atoms with Gasteiger partial charge in [-0.25, -0.2) is 0 Å². The van der Waals surface area contributed by atoms with Crippen molar-refractivity contribution < 1.29 is 4.52 Å². The largest absolute Gasteiger partial charge is 0.338 e. The quantitative estimate of drug-likeness (QED) is 0.820. The topological polar surface area (TPSA) is 67.9 Å². The minimum atomic E-state index is 0.540. The standard InChI is InChI=1S/C11H15N5OS/c1-7-13-14-10(18-7)6-16(2)5-9-12-11(15-17-9)8-3-4-8/h8H,3-6H2,1-2H3. The van der Waals surface area contributed by atoms with Gasteiger partial charge in [0.25, 0.3) is 0 Å². The van der Waals surface area contributed by atoms with Crippen LogP contribution < -0.4 is 0 Å². The van der Waals surface area contributed by atoms with E-state index < -0.39 is 0 Å². The molecule has 0 amide bonds. The highest BCUT2D eigenvalue weighted by atomic mass is 32.1.